The molecule has 18 heavy (non-hydrogen) atoms. The minimum absolute atomic E-state index is 0.249. The van der Waals surface area contributed by atoms with E-state index in [0.29, 0.717) is 13.0 Å². The molecule has 1 aliphatic rings. The summed E-state index contributed by atoms with van der Waals surface area (Å²) in [7, 11) is 1.56. The van der Waals surface area contributed by atoms with E-state index in [1.54, 1.807) is 7.11 Å². The van der Waals surface area contributed by atoms with Gasteiger partial charge in [-0.2, -0.15) is 13.2 Å². The normalized spacial score (nSPS) is 18.9. The van der Waals surface area contributed by atoms with Crippen molar-refractivity contribution >= 4 is 5.91 Å². The van der Waals surface area contributed by atoms with Crippen LogP contribution in [0.15, 0.2) is 0 Å². The zero-order chi connectivity index (χ0) is 13.6. The molecule has 1 aliphatic carbocycles. The van der Waals surface area contributed by atoms with Gasteiger partial charge in [0.25, 0.3) is 0 Å². The van der Waals surface area contributed by atoms with E-state index in [0.717, 1.165) is 25.7 Å². The van der Waals surface area contributed by atoms with E-state index in [-0.39, 0.29) is 12.5 Å². The highest BCUT2D eigenvalue weighted by atomic mass is 19.4. The van der Waals surface area contributed by atoms with Crippen LogP contribution in [-0.4, -0.2) is 32.3 Å². The van der Waals surface area contributed by atoms with Crippen molar-refractivity contribution in [2.24, 2.45) is 5.41 Å². The Bertz CT molecular complexity index is 273. The van der Waals surface area contributed by atoms with E-state index >= 15 is 0 Å². The maximum Gasteiger partial charge on any atom is 0.390 e. The van der Waals surface area contributed by atoms with Crippen LogP contribution < -0.4 is 5.32 Å². The highest BCUT2D eigenvalue weighted by molar-refractivity contribution is 5.82. The fourth-order valence-electron chi connectivity index (χ4n) is 2.45. The van der Waals surface area contributed by atoms with E-state index in [1.165, 1.54) is 0 Å². The standard InChI is InChI=1S/C12H20F3NO2/c1-18-9-7-11(4-2-3-5-11)10(17)16-8-6-12(13,14)15/h2-9H2,1H3,(H,16,17). The third-order valence-electron chi connectivity index (χ3n) is 3.52. The molecule has 6 heteroatoms. The molecule has 0 saturated heterocycles. The van der Waals surface area contributed by atoms with E-state index in [1.807, 2.05) is 0 Å². The Morgan fingerprint density at radius 3 is 2.44 bits per heavy atom. The predicted octanol–water partition coefficient (Wildman–Crippen LogP) is 2.65. The minimum Gasteiger partial charge on any atom is -0.385 e. The van der Waals surface area contributed by atoms with Crippen LogP contribution in [0.3, 0.4) is 0 Å². The molecule has 1 N–H and O–H groups in total. The fraction of sp³-hybridized carbons (Fsp3) is 0.917. The second kappa shape index (κ2) is 6.41. The van der Waals surface area contributed by atoms with Crippen molar-refractivity contribution in [1.82, 2.24) is 5.32 Å². The summed E-state index contributed by atoms with van der Waals surface area (Å²) >= 11 is 0. The van der Waals surface area contributed by atoms with Crippen molar-refractivity contribution in [2.45, 2.75) is 44.7 Å². The number of nitrogens with one attached hydrogen (secondary N) is 1. The molecule has 1 fully saturated rings. The molecule has 0 aromatic carbocycles. The van der Waals surface area contributed by atoms with Crippen molar-refractivity contribution in [3.8, 4) is 0 Å². The van der Waals surface area contributed by atoms with Gasteiger partial charge >= 0.3 is 6.18 Å². The monoisotopic (exact) mass is 267 g/mol. The molecule has 0 radical (unpaired) electrons. The van der Waals surface area contributed by atoms with Crippen molar-refractivity contribution in [1.29, 1.82) is 0 Å². The van der Waals surface area contributed by atoms with Gasteiger partial charge in [-0.1, -0.05) is 12.8 Å². The van der Waals surface area contributed by atoms with Crippen LogP contribution in [0.2, 0.25) is 0 Å². The van der Waals surface area contributed by atoms with Gasteiger partial charge in [0.2, 0.25) is 5.91 Å². The SMILES string of the molecule is COCCC1(C(=O)NCCC(F)(F)F)CCCC1. The molecule has 0 aliphatic heterocycles. The molecule has 0 atom stereocenters. The molecule has 0 unspecified atom stereocenters. The molecular formula is C12H20F3NO2. The fourth-order valence-corrected chi connectivity index (χ4v) is 2.45. The zero-order valence-electron chi connectivity index (χ0n) is 10.6. The number of hydrogen-bond acceptors (Lipinski definition) is 2. The van der Waals surface area contributed by atoms with Gasteiger partial charge in [0.1, 0.15) is 0 Å². The summed E-state index contributed by atoms with van der Waals surface area (Å²) in [5.41, 5.74) is -0.512. The average Bonchev–Trinajstić information content (AvgIpc) is 2.74. The first-order chi connectivity index (χ1) is 8.40. The summed E-state index contributed by atoms with van der Waals surface area (Å²) in [5.74, 6) is -0.249. The maximum atomic E-state index is 12.0. The Kier molecular flexibility index (Phi) is 5.44. The Morgan fingerprint density at radius 1 is 1.33 bits per heavy atom. The van der Waals surface area contributed by atoms with Gasteiger partial charge < -0.3 is 10.1 Å². The molecule has 1 amide bonds. The van der Waals surface area contributed by atoms with Crippen LogP contribution >= 0.6 is 0 Å². The van der Waals surface area contributed by atoms with Gasteiger partial charge in [0.05, 0.1) is 11.8 Å². The van der Waals surface area contributed by atoms with Gasteiger partial charge in [0.15, 0.2) is 0 Å². The molecule has 0 aromatic rings. The topological polar surface area (TPSA) is 38.3 Å². The molecule has 3 nitrogen and oxygen atoms in total. The van der Waals surface area contributed by atoms with Gasteiger partial charge in [0, 0.05) is 20.3 Å². The minimum atomic E-state index is -4.22. The third kappa shape index (κ3) is 4.48. The first-order valence-electron chi connectivity index (χ1n) is 6.24. The van der Waals surface area contributed by atoms with Crippen molar-refractivity contribution in [2.75, 3.05) is 20.3 Å². The largest absolute Gasteiger partial charge is 0.390 e. The van der Waals surface area contributed by atoms with Crippen molar-refractivity contribution < 1.29 is 22.7 Å². The van der Waals surface area contributed by atoms with Crippen LogP contribution in [-0.2, 0) is 9.53 Å². The predicted molar refractivity (Wildman–Crippen MR) is 61.1 cm³/mol. The molecule has 0 bridgehead atoms. The third-order valence-corrected chi connectivity index (χ3v) is 3.52. The van der Waals surface area contributed by atoms with Gasteiger partial charge in [-0.05, 0) is 19.3 Å². The molecule has 0 heterocycles. The lowest BCUT2D eigenvalue weighted by molar-refractivity contribution is -0.139. The average molecular weight is 267 g/mol. The Labute approximate surface area is 105 Å². The van der Waals surface area contributed by atoms with Crippen LogP contribution in [0.4, 0.5) is 13.2 Å². The molecular weight excluding hydrogens is 247 g/mol. The van der Waals surface area contributed by atoms with Crippen LogP contribution in [0, 0.1) is 5.41 Å². The zero-order valence-corrected chi connectivity index (χ0v) is 10.6. The van der Waals surface area contributed by atoms with Crippen LogP contribution in [0.1, 0.15) is 38.5 Å². The number of alkyl halides is 3. The highest BCUT2D eigenvalue weighted by Crippen LogP contribution is 2.41. The summed E-state index contributed by atoms with van der Waals surface area (Å²) < 4.78 is 41.0. The highest BCUT2D eigenvalue weighted by Gasteiger charge is 2.40. The van der Waals surface area contributed by atoms with Gasteiger partial charge in [-0.3, -0.25) is 4.79 Å². The van der Waals surface area contributed by atoms with E-state index in [4.69, 9.17) is 4.74 Å². The second-order valence-corrected chi connectivity index (χ2v) is 4.85. The lowest BCUT2D eigenvalue weighted by Crippen LogP contribution is -2.41. The molecule has 0 aromatic heterocycles. The van der Waals surface area contributed by atoms with E-state index in [9.17, 15) is 18.0 Å². The van der Waals surface area contributed by atoms with Crippen molar-refractivity contribution in [3.63, 3.8) is 0 Å². The van der Waals surface area contributed by atoms with Crippen molar-refractivity contribution in [3.05, 3.63) is 0 Å². The van der Waals surface area contributed by atoms with Gasteiger partial charge in [-0.15, -0.1) is 0 Å². The summed E-state index contributed by atoms with van der Waals surface area (Å²) in [6.07, 6.45) is -1.21. The quantitative estimate of drug-likeness (QED) is 0.803. The smallest absolute Gasteiger partial charge is 0.385 e. The lowest BCUT2D eigenvalue weighted by Gasteiger charge is -2.27. The number of ether oxygens (including phenoxy) is 1. The molecule has 1 rings (SSSR count). The van der Waals surface area contributed by atoms with Crippen LogP contribution in [0.5, 0.6) is 0 Å². The van der Waals surface area contributed by atoms with Crippen LogP contribution in [0.25, 0.3) is 0 Å². The molecule has 1 saturated carbocycles. The number of rotatable bonds is 6. The number of carbonyl (C=O) groups is 1. The molecule has 106 valence electrons. The summed E-state index contributed by atoms with van der Waals surface area (Å²) in [6, 6.07) is 0. The number of amides is 1. The lowest BCUT2D eigenvalue weighted by atomic mass is 9.82. The van der Waals surface area contributed by atoms with Gasteiger partial charge in [-0.25, -0.2) is 0 Å². The van der Waals surface area contributed by atoms with E-state index < -0.39 is 18.0 Å². The number of methoxy groups -OCH3 is 1. The summed E-state index contributed by atoms with van der Waals surface area (Å²) in [5, 5.41) is 2.42. The Hall–Kier alpha value is -0.780. The maximum absolute atomic E-state index is 12.0. The number of hydrogen-bond donors (Lipinski definition) is 1. The second-order valence-electron chi connectivity index (χ2n) is 4.85. The Morgan fingerprint density at radius 2 is 1.94 bits per heavy atom. The number of carbonyl (C=O) groups excluding carboxylic acids is 1. The first kappa shape index (κ1) is 15.3. The molecule has 0 spiro atoms. The van der Waals surface area contributed by atoms with E-state index in [2.05, 4.69) is 5.32 Å². The summed E-state index contributed by atoms with van der Waals surface area (Å²) in [6.45, 7) is 0.129. The number of halogens is 3. The first-order valence-corrected chi connectivity index (χ1v) is 6.24. The summed E-state index contributed by atoms with van der Waals surface area (Å²) in [4.78, 5) is 12.0. The Balaban J connectivity index is 2.45.